The average Bonchev–Trinajstić information content (AvgIpc) is 2.77. The van der Waals surface area contributed by atoms with Crippen molar-refractivity contribution in [3.8, 4) is 0 Å². The summed E-state index contributed by atoms with van der Waals surface area (Å²) < 4.78 is 0. The van der Waals surface area contributed by atoms with Gasteiger partial charge in [-0.25, -0.2) is 4.98 Å². The lowest BCUT2D eigenvalue weighted by Gasteiger charge is -2.23. The van der Waals surface area contributed by atoms with Crippen molar-refractivity contribution in [1.29, 1.82) is 0 Å². The Morgan fingerprint density at radius 2 is 1.50 bits per heavy atom. The molecule has 18 heavy (non-hydrogen) atoms. The van der Waals surface area contributed by atoms with Crippen LogP contribution in [-0.2, 0) is 12.8 Å². The molecule has 1 aromatic rings. The molecule has 1 fully saturated rings. The van der Waals surface area contributed by atoms with Gasteiger partial charge in [0.25, 0.3) is 0 Å². The fourth-order valence-corrected chi connectivity index (χ4v) is 3.58. The first kappa shape index (κ1) is 12.0. The smallest absolute Gasteiger partial charge is 0.132 e. The third-order valence-corrected chi connectivity index (χ3v) is 4.62. The van der Waals surface area contributed by atoms with Gasteiger partial charge in [0.1, 0.15) is 5.82 Å². The van der Waals surface area contributed by atoms with Crippen LogP contribution in [0.2, 0.25) is 0 Å². The highest BCUT2D eigenvalue weighted by atomic mass is 15.2. The molecular formula is C16H24N2. The Kier molecular flexibility index (Phi) is 3.27. The van der Waals surface area contributed by atoms with Crippen LogP contribution < -0.4 is 4.90 Å². The van der Waals surface area contributed by atoms with E-state index in [9.17, 15) is 0 Å². The molecule has 2 heteroatoms. The van der Waals surface area contributed by atoms with Crippen molar-refractivity contribution in [3.05, 3.63) is 22.4 Å². The van der Waals surface area contributed by atoms with Crippen molar-refractivity contribution in [2.75, 3.05) is 18.0 Å². The zero-order valence-corrected chi connectivity index (χ0v) is 11.8. The third kappa shape index (κ3) is 2.02. The van der Waals surface area contributed by atoms with Gasteiger partial charge in [0.2, 0.25) is 0 Å². The molecular weight excluding hydrogens is 220 g/mol. The first-order valence-corrected chi connectivity index (χ1v) is 7.51. The van der Waals surface area contributed by atoms with Gasteiger partial charge >= 0.3 is 0 Å². The minimum Gasteiger partial charge on any atom is -0.356 e. The molecule has 2 heterocycles. The molecule has 1 aromatic heterocycles. The fraction of sp³-hybridized carbons (Fsp3) is 0.688. The fourth-order valence-electron chi connectivity index (χ4n) is 3.58. The van der Waals surface area contributed by atoms with Gasteiger partial charge in [-0.15, -0.1) is 0 Å². The molecule has 0 bridgehead atoms. The molecule has 0 saturated carbocycles. The number of anilines is 1. The van der Waals surface area contributed by atoms with E-state index in [1.807, 2.05) is 0 Å². The Labute approximate surface area is 110 Å². The second kappa shape index (κ2) is 4.91. The minimum atomic E-state index is 1.20. The van der Waals surface area contributed by atoms with Crippen LogP contribution in [0.5, 0.6) is 0 Å². The highest BCUT2D eigenvalue weighted by Crippen LogP contribution is 2.32. The Bertz CT molecular complexity index is 445. The molecule has 2 nitrogen and oxygen atoms in total. The van der Waals surface area contributed by atoms with E-state index in [1.54, 1.807) is 11.1 Å². The van der Waals surface area contributed by atoms with Crippen LogP contribution >= 0.6 is 0 Å². The Morgan fingerprint density at radius 3 is 2.22 bits per heavy atom. The molecule has 0 N–H and O–H groups in total. The second-order valence-corrected chi connectivity index (χ2v) is 5.86. The maximum Gasteiger partial charge on any atom is 0.132 e. The third-order valence-electron chi connectivity index (χ3n) is 4.62. The number of aromatic nitrogens is 1. The van der Waals surface area contributed by atoms with E-state index >= 15 is 0 Å². The summed E-state index contributed by atoms with van der Waals surface area (Å²) in [6.07, 6.45) is 9.26. The van der Waals surface area contributed by atoms with Crippen molar-refractivity contribution < 1.29 is 0 Å². The minimum absolute atomic E-state index is 1.20. The molecule has 2 aliphatic rings. The maximum absolute atomic E-state index is 4.94. The highest BCUT2D eigenvalue weighted by Gasteiger charge is 2.21. The highest BCUT2D eigenvalue weighted by molar-refractivity contribution is 5.55. The van der Waals surface area contributed by atoms with Crippen LogP contribution in [0.1, 0.15) is 54.5 Å². The lowest BCUT2D eigenvalue weighted by atomic mass is 9.97. The second-order valence-electron chi connectivity index (χ2n) is 5.86. The predicted octanol–water partition coefficient (Wildman–Crippen LogP) is 3.57. The normalized spacial score (nSPS) is 19.8. The van der Waals surface area contributed by atoms with Crippen LogP contribution in [0.25, 0.3) is 0 Å². The van der Waals surface area contributed by atoms with Gasteiger partial charge in [-0.05, 0) is 69.1 Å². The summed E-state index contributed by atoms with van der Waals surface area (Å²) in [6, 6.07) is 0. The molecule has 0 spiro atoms. The van der Waals surface area contributed by atoms with Crippen molar-refractivity contribution in [1.82, 2.24) is 4.98 Å². The van der Waals surface area contributed by atoms with Gasteiger partial charge in [0.15, 0.2) is 0 Å². The molecule has 0 aromatic carbocycles. The van der Waals surface area contributed by atoms with Gasteiger partial charge in [-0.1, -0.05) is 6.42 Å². The lowest BCUT2D eigenvalue weighted by molar-refractivity contribution is 0.710. The van der Waals surface area contributed by atoms with Crippen LogP contribution in [0.4, 0.5) is 5.82 Å². The number of aryl methyl sites for hydroxylation is 1. The molecule has 0 radical (unpaired) electrons. The van der Waals surface area contributed by atoms with Gasteiger partial charge in [-0.2, -0.15) is 0 Å². The van der Waals surface area contributed by atoms with Crippen LogP contribution in [0, 0.1) is 13.8 Å². The quantitative estimate of drug-likeness (QED) is 0.702. The van der Waals surface area contributed by atoms with Crippen molar-refractivity contribution in [2.45, 2.75) is 58.8 Å². The van der Waals surface area contributed by atoms with Crippen LogP contribution in [0.3, 0.4) is 0 Å². The SMILES string of the molecule is Cc1nc(N2CCCC2)c(C)c2c1CCCCC2. The standard InChI is InChI=1S/C16H24N2/c1-12-14-8-4-3-5-9-15(14)13(2)17-16(12)18-10-6-7-11-18/h3-11H2,1-2H3. The molecule has 3 rings (SSSR count). The summed E-state index contributed by atoms with van der Waals surface area (Å²) >= 11 is 0. The number of fused-ring (bicyclic) bond motifs is 1. The summed E-state index contributed by atoms with van der Waals surface area (Å²) in [4.78, 5) is 7.43. The van der Waals surface area contributed by atoms with Crippen molar-refractivity contribution in [3.63, 3.8) is 0 Å². The largest absolute Gasteiger partial charge is 0.356 e. The summed E-state index contributed by atoms with van der Waals surface area (Å²) in [6.45, 7) is 6.91. The molecule has 1 aliphatic heterocycles. The summed E-state index contributed by atoms with van der Waals surface area (Å²) in [5.41, 5.74) is 5.95. The van der Waals surface area contributed by atoms with E-state index in [2.05, 4.69) is 18.7 Å². The molecule has 0 amide bonds. The zero-order valence-electron chi connectivity index (χ0n) is 11.8. The molecule has 1 aliphatic carbocycles. The van der Waals surface area contributed by atoms with Crippen molar-refractivity contribution in [2.24, 2.45) is 0 Å². The van der Waals surface area contributed by atoms with Crippen LogP contribution in [0.15, 0.2) is 0 Å². The number of hydrogen-bond donors (Lipinski definition) is 0. The average molecular weight is 244 g/mol. The van der Waals surface area contributed by atoms with E-state index in [1.165, 1.54) is 75.1 Å². The van der Waals surface area contributed by atoms with Gasteiger partial charge in [-0.3, -0.25) is 0 Å². The molecule has 0 atom stereocenters. The first-order chi connectivity index (χ1) is 8.77. The first-order valence-electron chi connectivity index (χ1n) is 7.51. The van der Waals surface area contributed by atoms with Gasteiger partial charge < -0.3 is 4.90 Å². The Balaban J connectivity index is 2.06. The molecule has 1 saturated heterocycles. The Hall–Kier alpha value is -1.05. The van der Waals surface area contributed by atoms with Gasteiger partial charge in [0.05, 0.1) is 0 Å². The topological polar surface area (TPSA) is 16.1 Å². The van der Waals surface area contributed by atoms with E-state index < -0.39 is 0 Å². The zero-order chi connectivity index (χ0) is 12.5. The lowest BCUT2D eigenvalue weighted by Crippen LogP contribution is -2.22. The summed E-state index contributed by atoms with van der Waals surface area (Å²) in [5.74, 6) is 1.28. The Morgan fingerprint density at radius 1 is 0.833 bits per heavy atom. The molecule has 98 valence electrons. The summed E-state index contributed by atoms with van der Waals surface area (Å²) in [7, 11) is 0. The number of nitrogens with zero attached hydrogens (tertiary/aromatic N) is 2. The van der Waals surface area contributed by atoms with E-state index in [0.29, 0.717) is 0 Å². The maximum atomic E-state index is 4.94. The number of rotatable bonds is 1. The van der Waals surface area contributed by atoms with E-state index in [4.69, 9.17) is 4.98 Å². The molecule has 0 unspecified atom stereocenters. The van der Waals surface area contributed by atoms with E-state index in [0.717, 1.165) is 0 Å². The monoisotopic (exact) mass is 244 g/mol. The number of pyridine rings is 1. The summed E-state index contributed by atoms with van der Waals surface area (Å²) in [5, 5.41) is 0. The van der Waals surface area contributed by atoms with Crippen LogP contribution in [-0.4, -0.2) is 18.1 Å². The number of hydrogen-bond acceptors (Lipinski definition) is 2. The van der Waals surface area contributed by atoms with Gasteiger partial charge in [0, 0.05) is 18.8 Å². The van der Waals surface area contributed by atoms with Crippen molar-refractivity contribution >= 4 is 5.82 Å². The predicted molar refractivity (Wildman–Crippen MR) is 76.4 cm³/mol. The van der Waals surface area contributed by atoms with E-state index in [-0.39, 0.29) is 0 Å².